The normalized spacial score (nSPS) is 18.0. The number of nitro groups is 1. The fourth-order valence-corrected chi connectivity index (χ4v) is 3.22. The zero-order valence-electron chi connectivity index (χ0n) is 13.2. The molecule has 1 unspecified atom stereocenters. The van der Waals surface area contributed by atoms with Crippen LogP contribution in [0.1, 0.15) is 17.0 Å². The molecule has 1 aliphatic heterocycles. The number of hydrogen-bond donors (Lipinski definition) is 0. The molecule has 1 atom stereocenters. The standard InChI is InChI=1S/C19H11F3N2O2/c20-19(21,22)13-4-1-3-11(9-13)12-7-8-14-16(10-12)23-15-5-2-6-17(18(14)15)24(25)26/h1-10,12H. The number of hydrogen-bond acceptors (Lipinski definition) is 3. The lowest BCUT2D eigenvalue weighted by molar-refractivity contribution is -0.386. The third-order valence-electron chi connectivity index (χ3n) is 4.41. The van der Waals surface area contributed by atoms with Gasteiger partial charge in [-0.25, -0.2) is 4.99 Å². The van der Waals surface area contributed by atoms with Crippen molar-refractivity contribution in [1.29, 1.82) is 0 Å². The molecule has 0 saturated carbocycles. The van der Waals surface area contributed by atoms with E-state index < -0.39 is 16.7 Å². The first-order chi connectivity index (χ1) is 12.3. The first-order valence-corrected chi connectivity index (χ1v) is 7.78. The monoisotopic (exact) mass is 356 g/mol. The Hall–Kier alpha value is -3.22. The number of allylic oxidation sites excluding steroid dienone is 3. The van der Waals surface area contributed by atoms with Crippen molar-refractivity contribution >= 4 is 11.3 Å². The van der Waals surface area contributed by atoms with Gasteiger partial charge in [0.15, 0.2) is 0 Å². The molecule has 0 spiro atoms. The van der Waals surface area contributed by atoms with Crippen LogP contribution in [0.2, 0.25) is 0 Å². The molecule has 7 heteroatoms. The van der Waals surface area contributed by atoms with E-state index in [0.29, 0.717) is 27.4 Å². The highest BCUT2D eigenvalue weighted by molar-refractivity contribution is 5.78. The second kappa shape index (κ2) is 5.66. The molecule has 0 bridgehead atoms. The second-order valence-corrected chi connectivity index (χ2v) is 6.01. The summed E-state index contributed by atoms with van der Waals surface area (Å²) in [5, 5.41) is 12.2. The van der Waals surface area contributed by atoms with E-state index in [2.05, 4.69) is 4.99 Å². The Morgan fingerprint density at radius 2 is 1.88 bits per heavy atom. The van der Waals surface area contributed by atoms with Crippen molar-refractivity contribution in [3.8, 4) is 0 Å². The van der Waals surface area contributed by atoms with Crippen molar-refractivity contribution in [2.24, 2.45) is 4.99 Å². The maximum atomic E-state index is 12.9. The van der Waals surface area contributed by atoms with Crippen molar-refractivity contribution < 1.29 is 18.1 Å². The van der Waals surface area contributed by atoms with Crippen LogP contribution in [-0.2, 0) is 6.18 Å². The van der Waals surface area contributed by atoms with Gasteiger partial charge in [-0.1, -0.05) is 36.4 Å². The molecule has 1 heterocycles. The molecule has 4 rings (SSSR count). The zero-order valence-corrected chi connectivity index (χ0v) is 13.2. The number of non-ortho nitro benzene ring substituents is 1. The lowest BCUT2D eigenvalue weighted by Crippen LogP contribution is -2.25. The average molecular weight is 356 g/mol. The molecular formula is C19H11F3N2O2. The van der Waals surface area contributed by atoms with E-state index in [1.54, 1.807) is 36.4 Å². The fraction of sp³-hybridized carbons (Fsp3) is 0.105. The molecule has 4 nitrogen and oxygen atoms in total. The number of nitrogens with zero attached hydrogens (tertiary/aromatic N) is 2. The lowest BCUT2D eigenvalue weighted by Gasteiger charge is -2.16. The molecular weight excluding hydrogens is 345 g/mol. The Kier molecular flexibility index (Phi) is 3.54. The maximum Gasteiger partial charge on any atom is 0.416 e. The molecule has 130 valence electrons. The molecule has 2 aliphatic rings. The summed E-state index contributed by atoms with van der Waals surface area (Å²) in [6.07, 6.45) is 0.750. The van der Waals surface area contributed by atoms with E-state index in [1.807, 2.05) is 0 Å². The number of halogens is 3. The van der Waals surface area contributed by atoms with Crippen LogP contribution in [0, 0.1) is 10.1 Å². The summed E-state index contributed by atoms with van der Waals surface area (Å²) in [7, 11) is 0. The second-order valence-electron chi connectivity index (χ2n) is 6.01. The van der Waals surface area contributed by atoms with Crippen LogP contribution >= 0.6 is 0 Å². The van der Waals surface area contributed by atoms with E-state index in [-0.39, 0.29) is 11.6 Å². The van der Waals surface area contributed by atoms with Gasteiger partial charge in [-0.3, -0.25) is 10.1 Å². The largest absolute Gasteiger partial charge is 0.416 e. The van der Waals surface area contributed by atoms with E-state index in [1.165, 1.54) is 12.1 Å². The lowest BCUT2D eigenvalue weighted by atomic mass is 9.90. The van der Waals surface area contributed by atoms with E-state index in [4.69, 9.17) is 0 Å². The van der Waals surface area contributed by atoms with Crippen LogP contribution in [0.25, 0.3) is 5.57 Å². The van der Waals surface area contributed by atoms with Gasteiger partial charge in [0, 0.05) is 17.6 Å². The highest BCUT2D eigenvalue weighted by Crippen LogP contribution is 2.35. The summed E-state index contributed by atoms with van der Waals surface area (Å²) in [5.41, 5.74) is 0.906. The van der Waals surface area contributed by atoms with Crippen molar-refractivity contribution in [3.05, 3.63) is 98.2 Å². The van der Waals surface area contributed by atoms with Crippen LogP contribution in [0.15, 0.2) is 71.4 Å². The average Bonchev–Trinajstić information content (AvgIpc) is 2.98. The Morgan fingerprint density at radius 1 is 1.12 bits per heavy atom. The minimum atomic E-state index is -4.41. The Balaban J connectivity index is 1.81. The van der Waals surface area contributed by atoms with Crippen LogP contribution in [0.5, 0.6) is 0 Å². The number of alkyl halides is 3. The summed E-state index contributed by atoms with van der Waals surface area (Å²) in [4.78, 5) is 15.2. The van der Waals surface area contributed by atoms with Gasteiger partial charge in [0.1, 0.15) is 0 Å². The number of nitro benzene ring substituents is 1. The van der Waals surface area contributed by atoms with Gasteiger partial charge in [0.05, 0.1) is 26.8 Å². The molecule has 2 aromatic rings. The van der Waals surface area contributed by atoms with Gasteiger partial charge in [-0.15, -0.1) is 0 Å². The Labute approximate surface area is 145 Å². The van der Waals surface area contributed by atoms with Gasteiger partial charge in [-0.2, -0.15) is 13.2 Å². The first-order valence-electron chi connectivity index (χ1n) is 7.78. The summed E-state index contributed by atoms with van der Waals surface area (Å²) in [6.45, 7) is 0. The number of benzene rings is 2. The van der Waals surface area contributed by atoms with E-state index >= 15 is 0 Å². The Morgan fingerprint density at radius 3 is 2.62 bits per heavy atom. The van der Waals surface area contributed by atoms with E-state index in [0.717, 1.165) is 12.1 Å². The zero-order chi connectivity index (χ0) is 18.5. The maximum absolute atomic E-state index is 12.9. The quantitative estimate of drug-likeness (QED) is 0.609. The molecule has 0 aromatic heterocycles. The van der Waals surface area contributed by atoms with Gasteiger partial charge in [-0.05, 0) is 23.8 Å². The summed E-state index contributed by atoms with van der Waals surface area (Å²) in [6, 6.07) is 9.79. The van der Waals surface area contributed by atoms with Crippen molar-refractivity contribution in [2.45, 2.75) is 12.1 Å². The van der Waals surface area contributed by atoms with Crippen molar-refractivity contribution in [3.63, 3.8) is 0 Å². The third-order valence-corrected chi connectivity index (χ3v) is 4.41. The molecule has 0 amide bonds. The molecule has 2 aromatic carbocycles. The van der Waals surface area contributed by atoms with Gasteiger partial charge in [0.2, 0.25) is 0 Å². The molecule has 0 fully saturated rings. The van der Waals surface area contributed by atoms with Crippen LogP contribution < -0.4 is 10.6 Å². The predicted molar refractivity (Wildman–Crippen MR) is 88.7 cm³/mol. The molecule has 0 radical (unpaired) electrons. The highest BCUT2D eigenvalue weighted by Gasteiger charge is 2.31. The van der Waals surface area contributed by atoms with Crippen molar-refractivity contribution in [1.82, 2.24) is 0 Å². The molecule has 1 aliphatic carbocycles. The summed E-state index contributed by atoms with van der Waals surface area (Å²) >= 11 is 0. The van der Waals surface area contributed by atoms with Crippen molar-refractivity contribution in [2.75, 3.05) is 0 Å². The number of fused-ring (bicyclic) bond motifs is 2. The summed E-state index contributed by atoms with van der Waals surface area (Å²) in [5.74, 6) is -0.381. The minimum absolute atomic E-state index is 0.0354. The van der Waals surface area contributed by atoms with Crippen LogP contribution in [-0.4, -0.2) is 4.92 Å². The van der Waals surface area contributed by atoms with Gasteiger partial charge in [0.25, 0.3) is 5.69 Å². The Bertz CT molecular complexity index is 1110. The molecule has 0 N–H and O–H groups in total. The highest BCUT2D eigenvalue weighted by atomic mass is 19.4. The van der Waals surface area contributed by atoms with Crippen LogP contribution in [0.3, 0.4) is 0 Å². The van der Waals surface area contributed by atoms with Gasteiger partial charge >= 0.3 is 6.18 Å². The first kappa shape index (κ1) is 16.3. The minimum Gasteiger partial charge on any atom is -0.258 e. The molecule has 26 heavy (non-hydrogen) atoms. The van der Waals surface area contributed by atoms with E-state index in [9.17, 15) is 23.3 Å². The summed E-state index contributed by atoms with van der Waals surface area (Å²) < 4.78 is 38.8. The smallest absolute Gasteiger partial charge is 0.258 e. The SMILES string of the molecule is O=[N+]([O-])c1cccc2c1=C1C=CC(c3cccc(C(F)(F)F)c3)C=C1N=2. The fourth-order valence-electron chi connectivity index (χ4n) is 3.22. The number of rotatable bonds is 2. The molecule has 0 saturated heterocycles. The third kappa shape index (κ3) is 2.61. The van der Waals surface area contributed by atoms with Gasteiger partial charge < -0.3 is 0 Å². The van der Waals surface area contributed by atoms with Crippen LogP contribution in [0.4, 0.5) is 18.9 Å². The predicted octanol–water partition coefficient (Wildman–Crippen LogP) is 3.64. The topological polar surface area (TPSA) is 55.5 Å².